The SMILES string of the molecule is CC1=C(C)C(=O)C(CCC(C)CCC(=O)O)=C(C)C1=O. The first-order chi connectivity index (χ1) is 9.25. The zero-order valence-corrected chi connectivity index (χ0v) is 12.6. The van der Waals surface area contributed by atoms with Crippen LogP contribution in [-0.4, -0.2) is 22.6 Å². The van der Waals surface area contributed by atoms with Crippen molar-refractivity contribution in [2.75, 3.05) is 0 Å². The number of aliphatic carboxylic acids is 1. The second-order valence-corrected chi connectivity index (χ2v) is 5.59. The van der Waals surface area contributed by atoms with Crippen LogP contribution in [-0.2, 0) is 14.4 Å². The third-order valence-corrected chi connectivity index (χ3v) is 4.05. The summed E-state index contributed by atoms with van der Waals surface area (Å²) >= 11 is 0. The number of ketones is 2. The van der Waals surface area contributed by atoms with Gasteiger partial charge in [0.1, 0.15) is 0 Å². The molecule has 4 heteroatoms. The molecular formula is C16H22O4. The van der Waals surface area contributed by atoms with E-state index < -0.39 is 5.97 Å². The average Bonchev–Trinajstić information content (AvgIpc) is 2.40. The molecular weight excluding hydrogens is 256 g/mol. The van der Waals surface area contributed by atoms with E-state index >= 15 is 0 Å². The molecule has 0 aromatic heterocycles. The first-order valence-corrected chi connectivity index (χ1v) is 6.94. The highest BCUT2D eigenvalue weighted by Crippen LogP contribution is 2.28. The lowest BCUT2D eigenvalue weighted by molar-refractivity contribution is -0.137. The highest BCUT2D eigenvalue weighted by Gasteiger charge is 2.27. The number of hydrogen-bond donors (Lipinski definition) is 1. The van der Waals surface area contributed by atoms with E-state index in [1.54, 1.807) is 20.8 Å². The van der Waals surface area contributed by atoms with Crippen molar-refractivity contribution in [3.63, 3.8) is 0 Å². The summed E-state index contributed by atoms with van der Waals surface area (Å²) in [5.41, 5.74) is 2.22. The molecule has 20 heavy (non-hydrogen) atoms. The van der Waals surface area contributed by atoms with Crippen LogP contribution in [0.5, 0.6) is 0 Å². The summed E-state index contributed by atoms with van der Waals surface area (Å²) in [5, 5.41) is 8.65. The Labute approximate surface area is 119 Å². The molecule has 0 bridgehead atoms. The van der Waals surface area contributed by atoms with E-state index in [-0.39, 0.29) is 23.9 Å². The lowest BCUT2D eigenvalue weighted by atomic mass is 9.83. The molecule has 0 spiro atoms. The normalized spacial score (nSPS) is 17.8. The molecule has 1 rings (SSSR count). The molecule has 0 heterocycles. The fraction of sp³-hybridized carbons (Fsp3) is 0.562. The molecule has 0 aliphatic heterocycles. The van der Waals surface area contributed by atoms with Crippen molar-refractivity contribution in [3.05, 3.63) is 22.3 Å². The number of rotatable bonds is 6. The van der Waals surface area contributed by atoms with Gasteiger partial charge in [0.2, 0.25) is 0 Å². The zero-order chi connectivity index (χ0) is 15.4. The van der Waals surface area contributed by atoms with Crippen LogP contribution in [0.15, 0.2) is 22.3 Å². The molecule has 0 saturated carbocycles. The minimum atomic E-state index is -0.800. The van der Waals surface area contributed by atoms with Gasteiger partial charge in [-0.15, -0.1) is 0 Å². The monoisotopic (exact) mass is 278 g/mol. The Kier molecular flexibility index (Phi) is 5.43. The van der Waals surface area contributed by atoms with Gasteiger partial charge >= 0.3 is 5.97 Å². The van der Waals surface area contributed by atoms with Crippen LogP contribution in [0.3, 0.4) is 0 Å². The Bertz CT molecular complexity index is 509. The van der Waals surface area contributed by atoms with E-state index in [9.17, 15) is 14.4 Å². The van der Waals surface area contributed by atoms with Crippen molar-refractivity contribution in [3.8, 4) is 0 Å². The predicted molar refractivity (Wildman–Crippen MR) is 76.4 cm³/mol. The van der Waals surface area contributed by atoms with Crippen LogP contribution in [0.25, 0.3) is 0 Å². The van der Waals surface area contributed by atoms with Gasteiger partial charge in [-0.3, -0.25) is 14.4 Å². The maximum absolute atomic E-state index is 12.2. The van der Waals surface area contributed by atoms with Crippen molar-refractivity contribution in [1.82, 2.24) is 0 Å². The lowest BCUT2D eigenvalue weighted by Crippen LogP contribution is -2.21. The number of carbonyl (C=O) groups is 3. The second-order valence-electron chi connectivity index (χ2n) is 5.59. The summed E-state index contributed by atoms with van der Waals surface area (Å²) in [6.07, 6.45) is 2.01. The van der Waals surface area contributed by atoms with Gasteiger partial charge < -0.3 is 5.11 Å². The molecule has 4 nitrogen and oxygen atoms in total. The quantitative estimate of drug-likeness (QED) is 0.758. The molecule has 110 valence electrons. The van der Waals surface area contributed by atoms with E-state index in [0.29, 0.717) is 35.1 Å². The topological polar surface area (TPSA) is 71.4 Å². The van der Waals surface area contributed by atoms with Crippen molar-refractivity contribution in [1.29, 1.82) is 0 Å². The van der Waals surface area contributed by atoms with Crippen LogP contribution >= 0.6 is 0 Å². The maximum Gasteiger partial charge on any atom is 0.303 e. The number of carbonyl (C=O) groups excluding carboxylic acids is 2. The zero-order valence-electron chi connectivity index (χ0n) is 12.6. The standard InChI is InChI=1S/C16H22O4/c1-9(6-8-14(17)18)5-7-13-12(4)15(19)10(2)11(3)16(13)20/h9H,5-8H2,1-4H3,(H,17,18). The minimum absolute atomic E-state index is 0.0370. The largest absolute Gasteiger partial charge is 0.481 e. The van der Waals surface area contributed by atoms with Gasteiger partial charge in [-0.1, -0.05) is 6.92 Å². The smallest absolute Gasteiger partial charge is 0.303 e. The van der Waals surface area contributed by atoms with Gasteiger partial charge in [-0.25, -0.2) is 0 Å². The Morgan fingerprint density at radius 1 is 1.00 bits per heavy atom. The molecule has 0 aromatic rings. The van der Waals surface area contributed by atoms with Crippen LogP contribution in [0.2, 0.25) is 0 Å². The predicted octanol–water partition coefficient (Wildman–Crippen LogP) is 3.07. The fourth-order valence-corrected chi connectivity index (χ4v) is 2.36. The van der Waals surface area contributed by atoms with Gasteiger partial charge in [0.25, 0.3) is 0 Å². The van der Waals surface area contributed by atoms with Gasteiger partial charge in [0.05, 0.1) is 0 Å². The van der Waals surface area contributed by atoms with E-state index in [1.165, 1.54) is 0 Å². The number of allylic oxidation sites excluding steroid dienone is 4. The Morgan fingerprint density at radius 3 is 2.10 bits per heavy atom. The molecule has 0 amide bonds. The van der Waals surface area contributed by atoms with Gasteiger partial charge in [-0.2, -0.15) is 0 Å². The molecule has 0 aromatic carbocycles. The summed E-state index contributed by atoms with van der Waals surface area (Å²) in [6, 6.07) is 0. The summed E-state index contributed by atoms with van der Waals surface area (Å²) in [4.78, 5) is 34.7. The lowest BCUT2D eigenvalue weighted by Gasteiger charge is -2.19. The Hall–Kier alpha value is -1.71. The number of carboxylic acid groups (broad SMARTS) is 1. The van der Waals surface area contributed by atoms with Crippen LogP contribution < -0.4 is 0 Å². The Morgan fingerprint density at radius 2 is 1.55 bits per heavy atom. The number of Topliss-reactive ketones (excluding diaryl/α,β-unsaturated/α-hetero) is 2. The van der Waals surface area contributed by atoms with Crippen LogP contribution in [0.4, 0.5) is 0 Å². The molecule has 0 radical (unpaired) electrons. The van der Waals surface area contributed by atoms with Crippen molar-refractivity contribution in [2.45, 2.75) is 53.4 Å². The number of hydrogen-bond acceptors (Lipinski definition) is 3. The van der Waals surface area contributed by atoms with E-state index in [0.717, 1.165) is 6.42 Å². The summed E-state index contributed by atoms with van der Waals surface area (Å²) in [7, 11) is 0. The molecule has 0 fully saturated rings. The molecule has 0 saturated heterocycles. The summed E-state index contributed by atoms with van der Waals surface area (Å²) < 4.78 is 0. The minimum Gasteiger partial charge on any atom is -0.481 e. The van der Waals surface area contributed by atoms with E-state index in [1.807, 2.05) is 6.92 Å². The second kappa shape index (κ2) is 6.64. The first kappa shape index (κ1) is 16.3. The molecule has 1 N–H and O–H groups in total. The highest BCUT2D eigenvalue weighted by molar-refractivity contribution is 6.24. The van der Waals surface area contributed by atoms with Crippen molar-refractivity contribution >= 4 is 17.5 Å². The van der Waals surface area contributed by atoms with Gasteiger partial charge in [-0.05, 0) is 46.0 Å². The third-order valence-electron chi connectivity index (χ3n) is 4.05. The Balaban J connectivity index is 2.70. The fourth-order valence-electron chi connectivity index (χ4n) is 2.36. The summed E-state index contributed by atoms with van der Waals surface area (Å²) in [6.45, 7) is 7.05. The van der Waals surface area contributed by atoms with E-state index in [2.05, 4.69) is 0 Å². The van der Waals surface area contributed by atoms with Crippen molar-refractivity contribution < 1.29 is 19.5 Å². The van der Waals surface area contributed by atoms with Gasteiger partial charge in [0.15, 0.2) is 11.6 Å². The van der Waals surface area contributed by atoms with E-state index in [4.69, 9.17) is 5.11 Å². The van der Waals surface area contributed by atoms with Gasteiger partial charge in [0, 0.05) is 28.7 Å². The first-order valence-electron chi connectivity index (χ1n) is 6.94. The van der Waals surface area contributed by atoms with Crippen LogP contribution in [0, 0.1) is 5.92 Å². The van der Waals surface area contributed by atoms with Crippen LogP contribution in [0.1, 0.15) is 53.4 Å². The molecule has 1 unspecified atom stereocenters. The third kappa shape index (κ3) is 3.65. The molecule has 1 atom stereocenters. The van der Waals surface area contributed by atoms with Crippen molar-refractivity contribution in [2.24, 2.45) is 5.92 Å². The maximum atomic E-state index is 12.2. The number of carboxylic acids is 1. The summed E-state index contributed by atoms with van der Waals surface area (Å²) in [5.74, 6) is -0.660. The highest BCUT2D eigenvalue weighted by atomic mass is 16.4. The average molecular weight is 278 g/mol. The molecule has 1 aliphatic carbocycles. The molecule has 1 aliphatic rings.